The first-order chi connectivity index (χ1) is 5.64. The van der Waals surface area contributed by atoms with Crippen molar-refractivity contribution < 1.29 is 8.42 Å². The van der Waals surface area contributed by atoms with E-state index in [4.69, 9.17) is 11.8 Å². The van der Waals surface area contributed by atoms with Gasteiger partial charge < -0.3 is 0 Å². The molecule has 68 valence electrons. The zero-order valence-corrected chi connectivity index (χ0v) is 7.77. The van der Waals surface area contributed by atoms with Crippen molar-refractivity contribution in [3.63, 3.8) is 0 Å². The van der Waals surface area contributed by atoms with Crippen LogP contribution in [0, 0.1) is 0 Å². The van der Waals surface area contributed by atoms with E-state index in [1.54, 1.807) is 28.5 Å². The van der Waals surface area contributed by atoms with E-state index in [2.05, 4.69) is 0 Å². The van der Waals surface area contributed by atoms with Crippen molar-refractivity contribution >= 4 is 51.4 Å². The van der Waals surface area contributed by atoms with Crippen LogP contribution >= 0.6 is 11.8 Å². The van der Waals surface area contributed by atoms with Crippen LogP contribution in [0.25, 0.3) is 0 Å². The third kappa shape index (κ3) is 5.00. The fourth-order valence-corrected chi connectivity index (χ4v) is 1.67. The molecule has 0 aliphatic rings. The topological polar surface area (TPSA) is 46.2 Å². The van der Waals surface area contributed by atoms with Crippen LogP contribution in [0.2, 0.25) is 0 Å². The van der Waals surface area contributed by atoms with E-state index in [0.29, 0.717) is 5.56 Å². The monoisotopic (exact) mass is 229 g/mol. The molecule has 6 heteroatoms. The van der Waals surface area contributed by atoms with Crippen molar-refractivity contribution in [1.29, 1.82) is 0 Å². The molecule has 0 radical (unpaired) electrons. The third-order valence-electron chi connectivity index (χ3n) is 1.32. The minimum absolute atomic E-state index is 0. The molecule has 0 fully saturated rings. The second-order valence-corrected chi connectivity index (χ2v) is 4.46. The Morgan fingerprint density at radius 3 is 2.23 bits per heavy atom. The number of sulfonamides is 1. The van der Waals surface area contributed by atoms with Crippen molar-refractivity contribution in [3.05, 3.63) is 35.9 Å². The molecule has 1 aromatic rings. The second-order valence-electron chi connectivity index (χ2n) is 2.32. The van der Waals surface area contributed by atoms with E-state index in [0.717, 1.165) is 0 Å². The van der Waals surface area contributed by atoms with Gasteiger partial charge in [-0.15, -0.1) is 4.24 Å². The SMILES string of the molecule is O=S(=O)(Cc1ccccc1)NCl.[NaH]. The van der Waals surface area contributed by atoms with Crippen LogP contribution in [0.15, 0.2) is 30.3 Å². The maximum atomic E-state index is 10.9. The van der Waals surface area contributed by atoms with Gasteiger partial charge in [0.1, 0.15) is 0 Å². The van der Waals surface area contributed by atoms with Gasteiger partial charge in [0.15, 0.2) is 0 Å². The number of benzene rings is 1. The van der Waals surface area contributed by atoms with Crippen LogP contribution in [0.1, 0.15) is 5.56 Å². The molecule has 0 spiro atoms. The van der Waals surface area contributed by atoms with Gasteiger partial charge in [-0.1, -0.05) is 30.3 Å². The summed E-state index contributed by atoms with van der Waals surface area (Å²) < 4.78 is 23.6. The Kier molecular flexibility index (Phi) is 6.20. The molecule has 1 rings (SSSR count). The van der Waals surface area contributed by atoms with Crippen molar-refractivity contribution in [2.45, 2.75) is 5.75 Å². The Labute approximate surface area is 105 Å². The van der Waals surface area contributed by atoms with Gasteiger partial charge in [0.25, 0.3) is 0 Å². The summed E-state index contributed by atoms with van der Waals surface area (Å²) in [6.07, 6.45) is 0. The van der Waals surface area contributed by atoms with Gasteiger partial charge in [-0.3, -0.25) is 0 Å². The summed E-state index contributed by atoms with van der Waals surface area (Å²) in [6.45, 7) is 0. The molecule has 0 saturated carbocycles. The minimum atomic E-state index is -3.36. The fraction of sp³-hybridized carbons (Fsp3) is 0.143. The molecular weight excluding hydrogens is 221 g/mol. The Hall–Kier alpha value is 0.420. The van der Waals surface area contributed by atoms with Gasteiger partial charge in [-0.2, -0.15) is 0 Å². The number of hydrogen-bond donors (Lipinski definition) is 1. The molecule has 0 amide bonds. The molecule has 0 aliphatic heterocycles. The van der Waals surface area contributed by atoms with Gasteiger partial charge in [0, 0.05) is 0 Å². The van der Waals surface area contributed by atoms with Gasteiger partial charge in [0.05, 0.1) is 5.75 Å². The van der Waals surface area contributed by atoms with Crippen LogP contribution < -0.4 is 4.24 Å². The molecule has 1 N–H and O–H groups in total. The van der Waals surface area contributed by atoms with Gasteiger partial charge in [-0.25, -0.2) is 8.42 Å². The van der Waals surface area contributed by atoms with E-state index in [-0.39, 0.29) is 35.3 Å². The summed E-state index contributed by atoms with van der Waals surface area (Å²) in [7, 11) is -3.36. The van der Waals surface area contributed by atoms with Crippen LogP contribution in [0.4, 0.5) is 0 Å². The summed E-state index contributed by atoms with van der Waals surface area (Å²) >= 11 is 5.01. The van der Waals surface area contributed by atoms with Gasteiger partial charge in [0.2, 0.25) is 10.0 Å². The van der Waals surface area contributed by atoms with Crippen LogP contribution in [-0.4, -0.2) is 38.0 Å². The average molecular weight is 230 g/mol. The molecule has 0 aliphatic carbocycles. The van der Waals surface area contributed by atoms with E-state index >= 15 is 0 Å². The molecule has 0 saturated heterocycles. The summed E-state index contributed by atoms with van der Waals surface area (Å²) in [5.74, 6) is -0.0860. The van der Waals surface area contributed by atoms with Crippen molar-refractivity contribution in [1.82, 2.24) is 4.24 Å². The predicted molar refractivity (Wildman–Crippen MR) is 55.2 cm³/mol. The Morgan fingerprint density at radius 1 is 1.23 bits per heavy atom. The molecule has 0 atom stereocenters. The molecular formula is C7H9ClNNaO2S. The van der Waals surface area contributed by atoms with Crippen molar-refractivity contribution in [2.75, 3.05) is 0 Å². The quantitative estimate of drug-likeness (QED) is 0.610. The molecule has 13 heavy (non-hydrogen) atoms. The summed E-state index contributed by atoms with van der Waals surface area (Å²) in [5.41, 5.74) is 0.714. The van der Waals surface area contributed by atoms with Crippen LogP contribution in [-0.2, 0) is 15.8 Å². The molecule has 3 nitrogen and oxygen atoms in total. The molecule has 0 unspecified atom stereocenters. The first-order valence-corrected chi connectivity index (χ1v) is 5.31. The number of rotatable bonds is 3. The van der Waals surface area contributed by atoms with Gasteiger partial charge >= 0.3 is 29.6 Å². The zero-order chi connectivity index (χ0) is 9.03. The Balaban J connectivity index is 0.00000144. The first kappa shape index (κ1) is 13.4. The normalized spacial score (nSPS) is 10.5. The maximum absolute atomic E-state index is 10.9. The molecule has 1 aromatic carbocycles. The summed E-state index contributed by atoms with van der Waals surface area (Å²) in [5, 5.41) is 0. The van der Waals surface area contributed by atoms with Crippen molar-refractivity contribution in [2.24, 2.45) is 0 Å². The van der Waals surface area contributed by atoms with E-state index in [1.807, 2.05) is 6.07 Å². The standard InChI is InChI=1S/C7H8ClNO2S.Na.H/c8-9-12(10,11)6-7-4-2-1-3-5-7;;/h1-5,9H,6H2;;. The zero-order valence-electron chi connectivity index (χ0n) is 6.20. The van der Waals surface area contributed by atoms with E-state index < -0.39 is 10.0 Å². The number of hydrogen-bond acceptors (Lipinski definition) is 2. The summed E-state index contributed by atoms with van der Waals surface area (Å²) in [6, 6.07) is 8.83. The molecule has 0 bridgehead atoms. The number of nitrogens with one attached hydrogen (secondary N) is 1. The van der Waals surface area contributed by atoms with Crippen molar-refractivity contribution in [3.8, 4) is 0 Å². The van der Waals surface area contributed by atoms with Gasteiger partial charge in [-0.05, 0) is 17.3 Å². The average Bonchev–Trinajstić information content (AvgIpc) is 2.06. The fourth-order valence-electron chi connectivity index (χ4n) is 0.821. The van der Waals surface area contributed by atoms with E-state index in [9.17, 15) is 8.42 Å². The predicted octanol–water partition coefficient (Wildman–Crippen LogP) is 0.611. The third-order valence-corrected chi connectivity index (χ3v) is 2.97. The summed E-state index contributed by atoms with van der Waals surface area (Å²) in [4.78, 5) is 0. The Bertz CT molecular complexity index is 341. The van der Waals surface area contributed by atoms with Crippen LogP contribution in [0.5, 0.6) is 0 Å². The number of halogens is 1. The molecule has 0 heterocycles. The first-order valence-electron chi connectivity index (χ1n) is 3.28. The second kappa shape index (κ2) is 6.01. The molecule has 0 aromatic heterocycles. The van der Waals surface area contributed by atoms with Crippen LogP contribution in [0.3, 0.4) is 0 Å². The Morgan fingerprint density at radius 2 is 1.77 bits per heavy atom. The van der Waals surface area contributed by atoms with E-state index in [1.165, 1.54) is 0 Å².